The summed E-state index contributed by atoms with van der Waals surface area (Å²) < 4.78 is 0. The Hall–Kier alpha value is -3.10. The molecule has 3 aliphatic rings. The number of hydrogen-bond acceptors (Lipinski definition) is 30. The summed E-state index contributed by atoms with van der Waals surface area (Å²) in [6.45, 7) is 1.14. The molecule has 6 atom stereocenters. The van der Waals surface area contributed by atoms with Gasteiger partial charge in [0.15, 0.2) is 0 Å². The van der Waals surface area contributed by atoms with E-state index in [0.29, 0.717) is 19.3 Å². The van der Waals surface area contributed by atoms with Crippen molar-refractivity contribution in [3.63, 3.8) is 0 Å². The van der Waals surface area contributed by atoms with Gasteiger partial charge < -0.3 is 180 Å². The summed E-state index contributed by atoms with van der Waals surface area (Å²) in [6, 6.07) is -5.33. The molecule has 3 fully saturated rings. The van der Waals surface area contributed by atoms with Gasteiger partial charge >= 0.3 is 160 Å². The third-order valence-electron chi connectivity index (χ3n) is 15.3. The van der Waals surface area contributed by atoms with Crippen LogP contribution < -0.4 is 78.5 Å². The van der Waals surface area contributed by atoms with Crippen LogP contribution in [0.3, 0.4) is 0 Å². The Morgan fingerprint density at radius 1 is 0.277 bits per heavy atom. The monoisotopic (exact) mass is 1920 g/mol. The maximum Gasteiger partial charge on any atom is 3.00 e. The molecule has 0 bridgehead atoms. The second-order valence-corrected chi connectivity index (χ2v) is 21.2. The molecule has 9 amide bonds. The van der Waals surface area contributed by atoms with Crippen molar-refractivity contribution < 1.29 is 279 Å². The Kier molecular flexibility index (Phi) is 53.8. The van der Waals surface area contributed by atoms with Crippen LogP contribution in [0.1, 0.15) is 59.3 Å². The van der Waals surface area contributed by atoms with Crippen molar-refractivity contribution in [2.24, 2.45) is 17.2 Å². The topological polar surface area (TPSA) is 598 Å². The van der Waals surface area contributed by atoms with Crippen LogP contribution in [0.4, 0.5) is 43.2 Å². The predicted octanol–water partition coefficient (Wildman–Crippen LogP) is -16.5. The zero-order chi connectivity index (χ0) is 68.5. The van der Waals surface area contributed by atoms with Gasteiger partial charge in [0.25, 0.3) is 0 Å². The molecule has 3 rings (SSSR count). The molecule has 0 aliphatic carbocycles. The molecule has 6 unspecified atom stereocenters. The zero-order valence-electron chi connectivity index (χ0n) is 52.0. The quantitative estimate of drug-likeness (QED) is 0.137. The Labute approximate surface area is 671 Å². The molecule has 0 aromatic heterocycles. The van der Waals surface area contributed by atoms with E-state index in [4.69, 9.17) is 17.2 Å². The molecule has 0 aromatic carbocycles. The first-order chi connectivity index (χ1) is 42.2. The van der Waals surface area contributed by atoms with Crippen molar-refractivity contribution in [1.82, 2.24) is 58.8 Å². The first-order valence-electron chi connectivity index (χ1n) is 28.9. The Morgan fingerprint density at radius 3 is 0.543 bits per heavy atom. The smallest absolute Gasteiger partial charge is 0.548 e. The summed E-state index contributed by atoms with van der Waals surface area (Å²) in [5.41, 5.74) is 16.4. The SMILES string of the molecule is CC1CN(C(=O)[O-])CCN(C(=O)[O-])CCN(C(=O)[O-])CCN1C(CCCN)C(=O)[O-].CC1CN(C(=O)[O-])CCN(C(=O)[O-])CCN(C(=O)[O-])CCN1C(CCCN)C(=O)[O-].CC1CN(C(=O)[O-])CCN(C(=O)[O-])CCN(C(=O)[O-])CCN1C(CCCN)C(=O)[O-].[Gd+3].[Gd+3].[Gd+3].[Gd+3]. The van der Waals surface area contributed by atoms with Crippen molar-refractivity contribution in [1.29, 1.82) is 0 Å². The average Bonchev–Trinajstić information content (AvgIpc) is 0.888. The second-order valence-electron chi connectivity index (χ2n) is 21.2. The van der Waals surface area contributed by atoms with E-state index in [-0.39, 0.29) is 336 Å². The molecule has 0 aromatic rings. The molecule has 0 saturated carbocycles. The Bertz CT molecular complexity index is 2130. The summed E-state index contributed by atoms with van der Waals surface area (Å²) in [6.07, 6.45) is -12.4. The minimum Gasteiger partial charge on any atom is -0.548 e. The van der Waals surface area contributed by atoms with E-state index in [9.17, 15) is 119 Å². The van der Waals surface area contributed by atoms with Gasteiger partial charge in [-0.25, -0.2) is 0 Å². The average molecular weight is 1920 g/mol. The minimum absolute atomic E-state index is 0. The fourth-order valence-electron chi connectivity index (χ4n) is 10.2. The summed E-state index contributed by atoms with van der Waals surface area (Å²) >= 11 is 0. The zero-order valence-corrected chi connectivity index (χ0v) is 61.1. The maximum atomic E-state index is 11.7. The van der Waals surface area contributed by atoms with E-state index in [1.807, 2.05) is 0 Å². The Morgan fingerprint density at radius 2 is 0.415 bits per heavy atom. The van der Waals surface area contributed by atoms with Crippen LogP contribution in [0.25, 0.3) is 0 Å². The van der Waals surface area contributed by atoms with Crippen LogP contribution in [0.5, 0.6) is 0 Å². The summed E-state index contributed by atoms with van der Waals surface area (Å²) in [5, 5.41) is 138. The predicted molar refractivity (Wildman–Crippen MR) is 282 cm³/mol. The van der Waals surface area contributed by atoms with Crippen LogP contribution in [-0.2, 0) is 14.4 Å². The van der Waals surface area contributed by atoms with E-state index >= 15 is 0 Å². The minimum atomic E-state index is -1.57. The second kappa shape index (κ2) is 52.0. The summed E-state index contributed by atoms with van der Waals surface area (Å²) in [7, 11) is 0. The van der Waals surface area contributed by atoms with Gasteiger partial charge in [-0.1, -0.05) is 0 Å². The molecule has 43 heteroatoms. The molecule has 536 valence electrons. The van der Waals surface area contributed by atoms with Gasteiger partial charge in [-0.05, 0) is 78.9 Å². The number of amides is 9. The van der Waals surface area contributed by atoms with Crippen molar-refractivity contribution in [3.05, 3.63) is 0 Å². The fraction of sp³-hybridized carbons (Fsp3) is 0.765. The van der Waals surface area contributed by atoms with Gasteiger partial charge in [-0.15, -0.1) is 0 Å². The van der Waals surface area contributed by atoms with Crippen molar-refractivity contribution in [2.45, 2.75) is 95.5 Å². The number of rotatable bonds is 15. The number of nitrogens with two attached hydrogens (primary N) is 3. The van der Waals surface area contributed by atoms with Crippen molar-refractivity contribution >= 4 is 72.7 Å². The van der Waals surface area contributed by atoms with Gasteiger partial charge in [0, 0.05) is 174 Å². The standard InChI is InChI=1S/3C17H31N5O8.4Gd/c3*1-12-11-21(17(29)30)8-7-19(15(25)26)5-6-20(16(27)28)9-10-22(12)13(14(23)24)3-2-4-18;;;;/h3*12-13H,2-11,18H2,1H3,(H,23,24)(H,25,26)(H,27,28)(H,29,30);;;;/q;;;4*+3/p-12. The molecular formula is C51H81Gd4N15O24. The number of carbonyl (C=O) groups excluding carboxylic acids is 12. The summed E-state index contributed by atoms with van der Waals surface area (Å²) in [4.78, 5) is 150. The van der Waals surface area contributed by atoms with Crippen LogP contribution in [0, 0.1) is 160 Å². The van der Waals surface area contributed by atoms with Crippen LogP contribution >= 0.6 is 0 Å². The fourth-order valence-corrected chi connectivity index (χ4v) is 10.2. The maximum absolute atomic E-state index is 11.7. The third-order valence-corrected chi connectivity index (χ3v) is 15.3. The largest absolute Gasteiger partial charge is 3.00 e. The molecule has 39 nitrogen and oxygen atoms in total. The molecule has 6 N–H and O–H groups in total. The first-order valence-corrected chi connectivity index (χ1v) is 28.9. The van der Waals surface area contributed by atoms with Gasteiger partial charge in [0.2, 0.25) is 0 Å². The number of aliphatic carboxylic acids is 3. The van der Waals surface area contributed by atoms with E-state index in [2.05, 4.69) is 0 Å². The van der Waals surface area contributed by atoms with Gasteiger partial charge in [0.1, 0.15) is 54.8 Å². The molecule has 4 radical (unpaired) electrons. The van der Waals surface area contributed by atoms with Crippen molar-refractivity contribution in [3.8, 4) is 0 Å². The molecule has 3 aliphatic heterocycles. The molecule has 3 saturated heterocycles. The van der Waals surface area contributed by atoms with Crippen LogP contribution in [0.15, 0.2) is 0 Å². The summed E-state index contributed by atoms with van der Waals surface area (Å²) in [5.74, 6) is -4.15. The molecule has 0 spiro atoms. The van der Waals surface area contributed by atoms with Gasteiger partial charge in [0.05, 0.1) is 17.9 Å². The Balaban J connectivity index is -0.000000633. The van der Waals surface area contributed by atoms with Crippen LogP contribution in [-0.4, -0.2) is 325 Å². The van der Waals surface area contributed by atoms with E-state index in [1.165, 1.54) is 14.7 Å². The number of nitrogens with zero attached hydrogens (tertiary/aromatic N) is 12. The molecular weight excluding hydrogens is 1840 g/mol. The number of hydrogen-bond donors (Lipinski definition) is 3. The van der Waals surface area contributed by atoms with Crippen molar-refractivity contribution in [2.75, 3.05) is 157 Å². The third kappa shape index (κ3) is 36.1. The normalized spacial score (nSPS) is 19.9. The number of carboxylic acid groups (broad SMARTS) is 12. The molecule has 94 heavy (non-hydrogen) atoms. The molecule has 3 heterocycles. The van der Waals surface area contributed by atoms with E-state index in [1.54, 1.807) is 20.8 Å². The van der Waals surface area contributed by atoms with Gasteiger partial charge in [-0.3, -0.25) is 14.7 Å². The first kappa shape index (κ1) is 97.3. The van der Waals surface area contributed by atoms with E-state index < -0.39 is 109 Å². The van der Waals surface area contributed by atoms with Gasteiger partial charge in [-0.2, -0.15) is 0 Å². The van der Waals surface area contributed by atoms with E-state index in [0.717, 1.165) is 44.1 Å². The van der Waals surface area contributed by atoms with Crippen LogP contribution in [0.2, 0.25) is 0 Å². The number of carboxylic acids is 3. The number of carbonyl (C=O) groups is 12.